The largest absolute Gasteiger partial charge is 0.508 e. The van der Waals surface area contributed by atoms with Gasteiger partial charge in [0, 0.05) is 17.1 Å². The number of benzene rings is 2. The average molecular weight is 402 g/mol. The van der Waals surface area contributed by atoms with Crippen molar-refractivity contribution in [1.82, 2.24) is 14.8 Å². The smallest absolute Gasteiger partial charge is 0.342 e. The summed E-state index contributed by atoms with van der Waals surface area (Å²) in [5.41, 5.74) is 1.51. The number of hydrogen-bond donors (Lipinski definition) is 2. The first-order valence-electron chi connectivity index (χ1n) is 8.09. The van der Waals surface area contributed by atoms with Gasteiger partial charge in [-0.05, 0) is 66.7 Å². The highest BCUT2D eigenvalue weighted by Crippen LogP contribution is 2.31. The lowest BCUT2D eigenvalue weighted by Crippen LogP contribution is -2.02. The van der Waals surface area contributed by atoms with Crippen molar-refractivity contribution < 1.29 is 15.0 Å². The molecule has 2 N–H and O–H groups in total. The number of aliphatic carboxylic acids is 1. The molecule has 0 radical (unpaired) electrons. The molecular formula is C19H16ClN3O3S. The fourth-order valence-electron chi connectivity index (χ4n) is 2.42. The van der Waals surface area contributed by atoms with Crippen molar-refractivity contribution in [3.05, 3.63) is 64.0 Å². The van der Waals surface area contributed by atoms with Gasteiger partial charge in [-0.3, -0.25) is 0 Å². The van der Waals surface area contributed by atoms with Gasteiger partial charge in [-0.1, -0.05) is 23.7 Å². The van der Waals surface area contributed by atoms with E-state index in [9.17, 15) is 15.0 Å². The Morgan fingerprint density at radius 2 is 1.81 bits per heavy atom. The first kappa shape index (κ1) is 19.0. The molecule has 0 fully saturated rings. The third-order valence-electron chi connectivity index (χ3n) is 3.74. The molecule has 0 unspecified atom stereocenters. The summed E-state index contributed by atoms with van der Waals surface area (Å²) in [6.07, 6.45) is 1.53. The number of carboxylic acids is 1. The van der Waals surface area contributed by atoms with Crippen LogP contribution in [0.3, 0.4) is 0 Å². The Kier molecular flexibility index (Phi) is 5.83. The maximum Gasteiger partial charge on any atom is 0.342 e. The van der Waals surface area contributed by atoms with Crippen LogP contribution in [0.15, 0.2) is 58.6 Å². The van der Waals surface area contributed by atoms with Gasteiger partial charge in [0.1, 0.15) is 10.7 Å². The molecule has 0 aliphatic carbocycles. The Bertz CT molecular complexity index is 982. The van der Waals surface area contributed by atoms with E-state index in [2.05, 4.69) is 10.2 Å². The lowest BCUT2D eigenvalue weighted by molar-refractivity contribution is -0.131. The number of phenolic OH excluding ortho intramolecular Hbond substituents is 1. The quantitative estimate of drug-likeness (QED) is 0.465. The summed E-state index contributed by atoms with van der Waals surface area (Å²) < 4.78 is 1.85. The predicted molar refractivity (Wildman–Crippen MR) is 106 cm³/mol. The summed E-state index contributed by atoms with van der Waals surface area (Å²) in [4.78, 5) is 11.8. The Hall–Kier alpha value is -2.77. The summed E-state index contributed by atoms with van der Waals surface area (Å²) in [5, 5.41) is 28.4. The van der Waals surface area contributed by atoms with E-state index in [-0.39, 0.29) is 10.7 Å². The average Bonchev–Trinajstić information content (AvgIpc) is 3.06. The number of aromatic nitrogens is 3. The van der Waals surface area contributed by atoms with E-state index >= 15 is 0 Å². The van der Waals surface area contributed by atoms with Crippen LogP contribution in [0, 0.1) is 0 Å². The lowest BCUT2D eigenvalue weighted by Gasteiger charge is -2.08. The van der Waals surface area contributed by atoms with Crippen molar-refractivity contribution >= 4 is 35.4 Å². The van der Waals surface area contributed by atoms with Crippen molar-refractivity contribution in [2.75, 3.05) is 0 Å². The molecule has 3 aromatic rings. The number of rotatable bonds is 6. The Balaban J connectivity index is 1.94. The van der Waals surface area contributed by atoms with Crippen LogP contribution < -0.4 is 0 Å². The molecule has 0 amide bonds. The Morgan fingerprint density at radius 1 is 1.15 bits per heavy atom. The summed E-state index contributed by atoms with van der Waals surface area (Å²) in [5.74, 6) is -0.298. The predicted octanol–water partition coefficient (Wildman–Crippen LogP) is 4.54. The van der Waals surface area contributed by atoms with Crippen molar-refractivity contribution in [3.8, 4) is 17.1 Å². The monoisotopic (exact) mass is 401 g/mol. The van der Waals surface area contributed by atoms with E-state index in [1.165, 1.54) is 18.2 Å². The van der Waals surface area contributed by atoms with E-state index in [0.717, 1.165) is 17.3 Å². The second-order valence-corrected chi connectivity index (χ2v) is 7.01. The normalized spacial score (nSPS) is 11.6. The van der Waals surface area contributed by atoms with Gasteiger partial charge in [0.15, 0.2) is 11.0 Å². The molecule has 27 heavy (non-hydrogen) atoms. The van der Waals surface area contributed by atoms with Crippen molar-refractivity contribution in [1.29, 1.82) is 0 Å². The zero-order chi connectivity index (χ0) is 19.4. The molecule has 0 aliphatic rings. The van der Waals surface area contributed by atoms with Crippen LogP contribution in [0.25, 0.3) is 17.5 Å². The van der Waals surface area contributed by atoms with E-state index < -0.39 is 5.97 Å². The molecule has 1 heterocycles. The molecule has 8 heteroatoms. The second-order valence-electron chi connectivity index (χ2n) is 5.56. The Labute approximate surface area is 165 Å². The van der Waals surface area contributed by atoms with E-state index in [4.69, 9.17) is 11.6 Å². The van der Waals surface area contributed by atoms with Crippen LogP contribution in [-0.2, 0) is 11.3 Å². The highest BCUT2D eigenvalue weighted by atomic mass is 35.5. The summed E-state index contributed by atoms with van der Waals surface area (Å²) in [6, 6.07) is 13.5. The second kappa shape index (κ2) is 8.28. The van der Waals surface area contributed by atoms with Crippen LogP contribution >= 0.6 is 23.4 Å². The van der Waals surface area contributed by atoms with Gasteiger partial charge in [-0.25, -0.2) is 4.79 Å². The molecule has 0 saturated carbocycles. The highest BCUT2D eigenvalue weighted by molar-refractivity contribution is 8.04. The van der Waals surface area contributed by atoms with Crippen molar-refractivity contribution in [2.45, 2.75) is 18.6 Å². The Morgan fingerprint density at radius 3 is 2.41 bits per heavy atom. The number of carbonyl (C=O) groups is 1. The maximum atomic E-state index is 11.7. The zero-order valence-corrected chi connectivity index (χ0v) is 15.9. The van der Waals surface area contributed by atoms with E-state index in [0.29, 0.717) is 28.1 Å². The minimum Gasteiger partial charge on any atom is -0.508 e. The molecule has 0 atom stereocenters. The molecule has 2 aromatic carbocycles. The third-order valence-corrected chi connectivity index (χ3v) is 4.99. The van der Waals surface area contributed by atoms with Crippen LogP contribution in [0.1, 0.15) is 12.5 Å². The molecule has 0 spiro atoms. The summed E-state index contributed by atoms with van der Waals surface area (Å²) >= 11 is 6.96. The van der Waals surface area contributed by atoms with Crippen LogP contribution in [0.5, 0.6) is 5.75 Å². The molecule has 0 saturated heterocycles. The van der Waals surface area contributed by atoms with Gasteiger partial charge >= 0.3 is 5.97 Å². The SMILES string of the molecule is CCn1c(S/C(=C\c2ccc(O)cc2)C(=O)O)nnc1-c1ccc(Cl)cc1. The molecule has 138 valence electrons. The number of nitrogens with zero attached hydrogens (tertiary/aromatic N) is 3. The molecule has 6 nitrogen and oxygen atoms in total. The maximum absolute atomic E-state index is 11.7. The van der Waals surface area contributed by atoms with Gasteiger partial charge < -0.3 is 14.8 Å². The zero-order valence-electron chi connectivity index (χ0n) is 14.3. The van der Waals surface area contributed by atoms with Gasteiger partial charge in [-0.2, -0.15) is 0 Å². The summed E-state index contributed by atoms with van der Waals surface area (Å²) in [6.45, 7) is 2.52. The highest BCUT2D eigenvalue weighted by Gasteiger charge is 2.18. The standard InChI is InChI=1S/C19H16ClN3O3S/c1-2-23-17(13-5-7-14(20)8-6-13)21-22-19(23)27-16(18(25)26)11-12-3-9-15(24)10-4-12/h3-11,24H,2H2,1H3,(H,25,26)/b16-11-. The topological polar surface area (TPSA) is 88.2 Å². The van der Waals surface area contributed by atoms with Crippen LogP contribution in [-0.4, -0.2) is 30.9 Å². The molecular weight excluding hydrogens is 386 g/mol. The fraction of sp³-hybridized carbons (Fsp3) is 0.105. The van der Waals surface area contributed by atoms with Gasteiger partial charge in [0.05, 0.1) is 0 Å². The first-order valence-corrected chi connectivity index (χ1v) is 9.28. The number of phenols is 1. The molecule has 1 aromatic heterocycles. The molecule has 0 bridgehead atoms. The lowest BCUT2D eigenvalue weighted by atomic mass is 10.2. The van der Waals surface area contributed by atoms with E-state index in [1.54, 1.807) is 24.3 Å². The number of halogens is 1. The number of hydrogen-bond acceptors (Lipinski definition) is 5. The fourth-order valence-corrected chi connectivity index (χ4v) is 3.43. The third kappa shape index (κ3) is 4.50. The van der Waals surface area contributed by atoms with Gasteiger partial charge in [0.2, 0.25) is 0 Å². The van der Waals surface area contributed by atoms with Crippen LogP contribution in [0.4, 0.5) is 0 Å². The first-order chi connectivity index (χ1) is 13.0. The van der Waals surface area contributed by atoms with Crippen molar-refractivity contribution in [2.24, 2.45) is 0 Å². The number of thioether (sulfide) groups is 1. The number of aromatic hydroxyl groups is 1. The van der Waals surface area contributed by atoms with E-state index in [1.807, 2.05) is 23.6 Å². The van der Waals surface area contributed by atoms with Gasteiger partial charge in [-0.15, -0.1) is 10.2 Å². The minimum absolute atomic E-state index is 0.102. The summed E-state index contributed by atoms with van der Waals surface area (Å²) in [7, 11) is 0. The minimum atomic E-state index is -1.06. The van der Waals surface area contributed by atoms with Crippen molar-refractivity contribution in [3.63, 3.8) is 0 Å². The molecule has 3 rings (SSSR count). The molecule has 0 aliphatic heterocycles. The van der Waals surface area contributed by atoms with Gasteiger partial charge in [0.25, 0.3) is 0 Å². The number of carboxylic acid groups (broad SMARTS) is 1. The van der Waals surface area contributed by atoms with Crippen LogP contribution in [0.2, 0.25) is 5.02 Å².